The predicted octanol–water partition coefficient (Wildman–Crippen LogP) is -0.987. The maximum atomic E-state index is 12.1. The lowest BCUT2D eigenvalue weighted by molar-refractivity contribution is -0.133. The van der Waals surface area contributed by atoms with Gasteiger partial charge in [-0.2, -0.15) is 0 Å². The van der Waals surface area contributed by atoms with E-state index >= 15 is 0 Å². The molecule has 0 radical (unpaired) electrons. The molecule has 18 heavy (non-hydrogen) atoms. The van der Waals surface area contributed by atoms with Crippen molar-refractivity contribution in [3.63, 3.8) is 0 Å². The number of ether oxygens (including phenoxy) is 2. The molecule has 6 heteroatoms. The minimum Gasteiger partial charge on any atom is -0.383 e. The number of amides is 1. The normalized spacial score (nSPS) is 16.3. The minimum atomic E-state index is 0.198. The molecule has 1 rings (SSSR count). The summed E-state index contributed by atoms with van der Waals surface area (Å²) in [5.74, 6) is 0.198. The Labute approximate surface area is 109 Å². The number of nitrogens with zero attached hydrogens (tertiary/aromatic N) is 2. The van der Waals surface area contributed by atoms with Crippen LogP contribution in [0.3, 0.4) is 0 Å². The average Bonchev–Trinajstić information content (AvgIpc) is 2.42. The zero-order valence-corrected chi connectivity index (χ0v) is 11.5. The Balaban J connectivity index is 2.34. The van der Waals surface area contributed by atoms with Crippen molar-refractivity contribution in [1.82, 2.24) is 15.1 Å². The minimum absolute atomic E-state index is 0.198. The van der Waals surface area contributed by atoms with Gasteiger partial charge in [-0.15, -0.1) is 0 Å². The van der Waals surface area contributed by atoms with Gasteiger partial charge in [0, 0.05) is 53.5 Å². The van der Waals surface area contributed by atoms with Crippen LogP contribution in [-0.4, -0.2) is 89.0 Å². The van der Waals surface area contributed by atoms with E-state index in [9.17, 15) is 4.79 Å². The summed E-state index contributed by atoms with van der Waals surface area (Å²) >= 11 is 0. The summed E-state index contributed by atoms with van der Waals surface area (Å²) in [5, 5.41) is 3.24. The van der Waals surface area contributed by atoms with Crippen molar-refractivity contribution < 1.29 is 14.3 Å². The Bertz CT molecular complexity index is 225. The summed E-state index contributed by atoms with van der Waals surface area (Å²) in [6.45, 7) is 6.64. The van der Waals surface area contributed by atoms with E-state index in [2.05, 4.69) is 10.2 Å². The van der Waals surface area contributed by atoms with Crippen LogP contribution in [0.4, 0.5) is 0 Å². The molecule has 1 amide bonds. The third-order valence-corrected chi connectivity index (χ3v) is 3.05. The summed E-state index contributed by atoms with van der Waals surface area (Å²) in [5.41, 5.74) is 0. The van der Waals surface area contributed by atoms with E-state index < -0.39 is 0 Å². The second-order valence-electron chi connectivity index (χ2n) is 4.39. The third-order valence-electron chi connectivity index (χ3n) is 3.05. The molecule has 1 heterocycles. The van der Waals surface area contributed by atoms with Crippen LogP contribution < -0.4 is 5.32 Å². The van der Waals surface area contributed by atoms with Crippen LogP contribution >= 0.6 is 0 Å². The van der Waals surface area contributed by atoms with Crippen LogP contribution in [-0.2, 0) is 14.3 Å². The van der Waals surface area contributed by atoms with Gasteiger partial charge in [0.15, 0.2) is 0 Å². The molecule has 0 bridgehead atoms. The van der Waals surface area contributed by atoms with Gasteiger partial charge in [0.25, 0.3) is 0 Å². The number of carbonyl (C=O) groups is 1. The first-order valence-electron chi connectivity index (χ1n) is 6.46. The monoisotopic (exact) mass is 259 g/mol. The smallest absolute Gasteiger partial charge is 0.236 e. The zero-order chi connectivity index (χ0) is 13.2. The first-order valence-corrected chi connectivity index (χ1v) is 6.46. The molecular weight excluding hydrogens is 234 g/mol. The van der Waals surface area contributed by atoms with E-state index in [4.69, 9.17) is 9.47 Å². The van der Waals surface area contributed by atoms with Crippen molar-refractivity contribution in [3.8, 4) is 0 Å². The molecule has 0 saturated carbocycles. The van der Waals surface area contributed by atoms with Gasteiger partial charge in [0.1, 0.15) is 0 Å². The van der Waals surface area contributed by atoms with E-state index in [-0.39, 0.29) is 5.91 Å². The second-order valence-corrected chi connectivity index (χ2v) is 4.39. The molecule has 0 spiro atoms. The SMILES string of the molecule is COCCN(CCOC)CC(=O)N1CCNCC1. The van der Waals surface area contributed by atoms with Crippen LogP contribution in [0.5, 0.6) is 0 Å². The van der Waals surface area contributed by atoms with Gasteiger partial charge in [-0.3, -0.25) is 9.69 Å². The van der Waals surface area contributed by atoms with Crippen LogP contribution in [0.2, 0.25) is 0 Å². The maximum Gasteiger partial charge on any atom is 0.236 e. The summed E-state index contributed by atoms with van der Waals surface area (Å²) in [7, 11) is 3.35. The Morgan fingerprint density at radius 1 is 1.17 bits per heavy atom. The summed E-state index contributed by atoms with van der Waals surface area (Å²) in [4.78, 5) is 16.1. The molecule has 1 fully saturated rings. The first-order chi connectivity index (χ1) is 8.77. The van der Waals surface area contributed by atoms with Crippen LogP contribution in [0.1, 0.15) is 0 Å². The predicted molar refractivity (Wildman–Crippen MR) is 69.6 cm³/mol. The summed E-state index contributed by atoms with van der Waals surface area (Å²) in [6.07, 6.45) is 0. The van der Waals surface area contributed by atoms with Gasteiger partial charge in [-0.1, -0.05) is 0 Å². The Morgan fingerprint density at radius 3 is 2.22 bits per heavy atom. The van der Waals surface area contributed by atoms with Crippen molar-refractivity contribution in [2.24, 2.45) is 0 Å². The summed E-state index contributed by atoms with van der Waals surface area (Å²) < 4.78 is 10.1. The first kappa shape index (κ1) is 15.4. The molecule has 1 aliphatic heterocycles. The van der Waals surface area contributed by atoms with Gasteiger partial charge in [-0.25, -0.2) is 0 Å². The number of hydrogen-bond donors (Lipinski definition) is 1. The Morgan fingerprint density at radius 2 is 1.72 bits per heavy atom. The highest BCUT2D eigenvalue weighted by atomic mass is 16.5. The van der Waals surface area contributed by atoms with Crippen LogP contribution in [0.25, 0.3) is 0 Å². The quantitative estimate of drug-likeness (QED) is 0.607. The van der Waals surface area contributed by atoms with Gasteiger partial charge in [-0.05, 0) is 0 Å². The summed E-state index contributed by atoms with van der Waals surface area (Å²) in [6, 6.07) is 0. The second kappa shape index (κ2) is 9.27. The average molecular weight is 259 g/mol. The molecule has 1 aliphatic rings. The molecular formula is C12H25N3O3. The van der Waals surface area contributed by atoms with Crippen molar-refractivity contribution in [2.75, 3.05) is 73.2 Å². The van der Waals surface area contributed by atoms with Gasteiger partial charge < -0.3 is 19.7 Å². The highest BCUT2D eigenvalue weighted by molar-refractivity contribution is 5.78. The highest BCUT2D eigenvalue weighted by Gasteiger charge is 2.18. The van der Waals surface area contributed by atoms with Crippen LogP contribution in [0.15, 0.2) is 0 Å². The fourth-order valence-corrected chi connectivity index (χ4v) is 1.92. The number of methoxy groups -OCH3 is 2. The third kappa shape index (κ3) is 5.77. The molecule has 6 nitrogen and oxygen atoms in total. The van der Waals surface area contributed by atoms with E-state index in [0.717, 1.165) is 39.3 Å². The fraction of sp³-hybridized carbons (Fsp3) is 0.917. The molecule has 0 aromatic heterocycles. The number of piperazine rings is 1. The standard InChI is InChI=1S/C12H25N3O3/c1-17-9-7-14(8-10-18-2)11-12(16)15-5-3-13-4-6-15/h13H,3-11H2,1-2H3. The number of carbonyl (C=O) groups excluding carboxylic acids is 1. The number of rotatable bonds is 8. The lowest BCUT2D eigenvalue weighted by Gasteiger charge is -2.30. The van der Waals surface area contributed by atoms with Crippen molar-refractivity contribution in [2.45, 2.75) is 0 Å². The molecule has 0 atom stereocenters. The maximum absolute atomic E-state index is 12.1. The van der Waals surface area contributed by atoms with E-state index in [1.54, 1.807) is 14.2 Å². The lowest BCUT2D eigenvalue weighted by Crippen LogP contribution is -2.50. The topological polar surface area (TPSA) is 54.0 Å². The van der Waals surface area contributed by atoms with Gasteiger partial charge in [0.2, 0.25) is 5.91 Å². The molecule has 106 valence electrons. The molecule has 1 N–H and O–H groups in total. The number of hydrogen-bond acceptors (Lipinski definition) is 5. The van der Waals surface area contributed by atoms with E-state index in [1.165, 1.54) is 0 Å². The van der Waals surface area contributed by atoms with Gasteiger partial charge >= 0.3 is 0 Å². The fourth-order valence-electron chi connectivity index (χ4n) is 1.92. The van der Waals surface area contributed by atoms with E-state index in [0.29, 0.717) is 19.8 Å². The van der Waals surface area contributed by atoms with Crippen molar-refractivity contribution >= 4 is 5.91 Å². The van der Waals surface area contributed by atoms with Crippen LogP contribution in [0, 0.1) is 0 Å². The Hall–Kier alpha value is -0.690. The Kier molecular flexibility index (Phi) is 7.91. The molecule has 0 aromatic carbocycles. The van der Waals surface area contributed by atoms with Gasteiger partial charge in [0.05, 0.1) is 19.8 Å². The molecule has 0 aromatic rings. The molecule has 0 aliphatic carbocycles. The number of nitrogens with one attached hydrogen (secondary N) is 1. The zero-order valence-electron chi connectivity index (χ0n) is 11.5. The van der Waals surface area contributed by atoms with Crippen molar-refractivity contribution in [1.29, 1.82) is 0 Å². The molecule has 1 saturated heterocycles. The lowest BCUT2D eigenvalue weighted by atomic mass is 10.3. The van der Waals surface area contributed by atoms with E-state index in [1.807, 2.05) is 4.90 Å². The molecule has 0 unspecified atom stereocenters. The van der Waals surface area contributed by atoms with Crippen molar-refractivity contribution in [3.05, 3.63) is 0 Å². The largest absolute Gasteiger partial charge is 0.383 e. The highest BCUT2D eigenvalue weighted by Crippen LogP contribution is 1.97.